The van der Waals surface area contributed by atoms with Gasteiger partial charge in [0.2, 0.25) is 0 Å². The van der Waals surface area contributed by atoms with E-state index in [-0.39, 0.29) is 31.3 Å². The van der Waals surface area contributed by atoms with Crippen molar-refractivity contribution in [1.82, 2.24) is 9.80 Å². The molecule has 204 valence electrons. The number of ketones is 1. The maximum atomic E-state index is 13.0. The number of carbonyl (C=O) groups is 1. The fraction of sp³-hybridized carbons (Fsp3) is 0.367. The van der Waals surface area contributed by atoms with Crippen LogP contribution in [0.15, 0.2) is 91.0 Å². The number of hydrogen-bond donors (Lipinski definition) is 0. The Morgan fingerprint density at radius 1 is 0.795 bits per heavy atom. The highest BCUT2D eigenvalue weighted by molar-refractivity contribution is 5.96. The number of carbonyl (C=O) groups excluding carboxylic acids is 1. The quantitative estimate of drug-likeness (QED) is 0.0887. The summed E-state index contributed by atoms with van der Waals surface area (Å²) >= 11 is 0. The van der Waals surface area contributed by atoms with Gasteiger partial charge in [-0.15, -0.1) is 0 Å². The van der Waals surface area contributed by atoms with Crippen LogP contribution in [0, 0.1) is 20.2 Å². The number of benzene rings is 3. The van der Waals surface area contributed by atoms with Gasteiger partial charge in [0.15, 0.2) is 5.78 Å². The molecule has 1 aliphatic heterocycles. The highest BCUT2D eigenvalue weighted by Gasteiger charge is 2.67. The summed E-state index contributed by atoms with van der Waals surface area (Å²) < 4.78 is 0. The lowest BCUT2D eigenvalue weighted by molar-refractivity contribution is -0.811. The summed E-state index contributed by atoms with van der Waals surface area (Å²) in [6.07, 6.45) is 2.48. The first-order valence-corrected chi connectivity index (χ1v) is 13.3. The number of rotatable bonds is 15. The maximum absolute atomic E-state index is 13.0. The third-order valence-corrected chi connectivity index (χ3v) is 7.39. The van der Waals surface area contributed by atoms with Gasteiger partial charge in [0.25, 0.3) is 0 Å². The van der Waals surface area contributed by atoms with Crippen molar-refractivity contribution in [2.75, 3.05) is 19.6 Å². The van der Waals surface area contributed by atoms with Crippen LogP contribution in [-0.4, -0.2) is 56.8 Å². The van der Waals surface area contributed by atoms with Crippen LogP contribution in [0.25, 0.3) is 0 Å². The van der Waals surface area contributed by atoms with Gasteiger partial charge in [-0.2, -0.15) is 0 Å². The minimum Gasteiger partial charge on any atom is -0.295 e. The summed E-state index contributed by atoms with van der Waals surface area (Å²) in [7, 11) is 0. The Bertz CT molecular complexity index is 1180. The van der Waals surface area contributed by atoms with Crippen molar-refractivity contribution < 1.29 is 14.6 Å². The van der Waals surface area contributed by atoms with E-state index in [1.54, 1.807) is 29.2 Å². The number of nitro groups is 2. The molecule has 1 saturated heterocycles. The topological polar surface area (TPSA) is 110 Å². The van der Waals surface area contributed by atoms with Gasteiger partial charge in [-0.3, -0.25) is 34.8 Å². The summed E-state index contributed by atoms with van der Waals surface area (Å²) in [5, 5.41) is 22.9. The van der Waals surface area contributed by atoms with E-state index in [9.17, 15) is 25.0 Å². The lowest BCUT2D eigenvalue weighted by atomic mass is 9.92. The molecule has 4 rings (SSSR count). The predicted octanol–water partition coefficient (Wildman–Crippen LogP) is 5.07. The second-order valence-corrected chi connectivity index (χ2v) is 10.2. The average molecular weight is 531 g/mol. The molecular weight excluding hydrogens is 496 g/mol. The molecule has 1 heterocycles. The van der Waals surface area contributed by atoms with E-state index in [4.69, 9.17) is 0 Å². The van der Waals surface area contributed by atoms with E-state index in [2.05, 4.69) is 29.2 Å². The molecule has 0 aromatic heterocycles. The first-order chi connectivity index (χ1) is 18.9. The molecule has 1 fully saturated rings. The molecule has 3 aromatic rings. The second-order valence-electron chi connectivity index (χ2n) is 10.2. The monoisotopic (exact) mass is 530 g/mol. The van der Waals surface area contributed by atoms with Gasteiger partial charge in [0, 0.05) is 31.1 Å². The van der Waals surface area contributed by atoms with Gasteiger partial charge in [-0.1, -0.05) is 97.4 Å². The molecule has 39 heavy (non-hydrogen) atoms. The number of likely N-dealkylation sites (tertiary alicyclic amines) is 1. The highest BCUT2D eigenvalue weighted by Crippen LogP contribution is 2.30. The summed E-state index contributed by atoms with van der Waals surface area (Å²) in [6, 6.07) is 29.2. The molecule has 9 heteroatoms. The molecule has 0 unspecified atom stereocenters. The summed E-state index contributed by atoms with van der Waals surface area (Å²) in [4.78, 5) is 38.4. The van der Waals surface area contributed by atoms with Crippen molar-refractivity contribution in [3.8, 4) is 0 Å². The van der Waals surface area contributed by atoms with E-state index in [0.717, 1.165) is 32.5 Å². The van der Waals surface area contributed by atoms with Crippen molar-refractivity contribution >= 4 is 5.78 Å². The van der Waals surface area contributed by atoms with Crippen molar-refractivity contribution in [2.45, 2.75) is 50.5 Å². The molecule has 0 spiro atoms. The zero-order valence-corrected chi connectivity index (χ0v) is 21.9. The number of hydrogen-bond acceptors (Lipinski definition) is 7. The first-order valence-electron chi connectivity index (χ1n) is 13.3. The molecular formula is C30H34N4O5. The van der Waals surface area contributed by atoms with Crippen LogP contribution in [0.3, 0.4) is 0 Å². The predicted molar refractivity (Wildman–Crippen MR) is 148 cm³/mol. The molecule has 0 bridgehead atoms. The molecule has 9 nitrogen and oxygen atoms in total. The van der Waals surface area contributed by atoms with Crippen LogP contribution >= 0.6 is 0 Å². The van der Waals surface area contributed by atoms with Gasteiger partial charge in [0.1, 0.15) is 22.9 Å². The molecule has 0 N–H and O–H groups in total. The SMILES string of the molecule is O=C(C[C@@H](CCCCN(Cc1ccccc1)Cc1ccccc1)N1CC([N+](=O)[O-])([N+](=O)[O-])C1)c1ccccc1. The van der Waals surface area contributed by atoms with Crippen LogP contribution in [0.5, 0.6) is 0 Å². The maximum Gasteiger partial charge on any atom is 0.482 e. The van der Waals surface area contributed by atoms with E-state index in [1.165, 1.54) is 11.1 Å². The van der Waals surface area contributed by atoms with Gasteiger partial charge in [-0.25, -0.2) is 0 Å². The summed E-state index contributed by atoms with van der Waals surface area (Å²) in [5.41, 5.74) is 0.859. The Labute approximate surface area is 228 Å². The fourth-order valence-corrected chi connectivity index (χ4v) is 5.14. The lowest BCUT2D eigenvalue weighted by Crippen LogP contribution is -2.72. The van der Waals surface area contributed by atoms with Crippen LogP contribution < -0.4 is 0 Å². The third kappa shape index (κ3) is 7.34. The van der Waals surface area contributed by atoms with Crippen LogP contribution in [0.1, 0.15) is 47.2 Å². The van der Waals surface area contributed by atoms with Crippen LogP contribution in [0.2, 0.25) is 0 Å². The molecule has 3 aromatic carbocycles. The van der Waals surface area contributed by atoms with Crippen molar-refractivity contribution in [1.29, 1.82) is 0 Å². The molecule has 0 radical (unpaired) electrons. The summed E-state index contributed by atoms with van der Waals surface area (Å²) in [6.45, 7) is 1.90. The standard InChI is InChI=1S/C30H34N4O5/c35-29(27-16-8-3-9-17-27)20-28(32-23-30(24-32,33(36)37)34(38)39)18-10-11-19-31(21-25-12-4-1-5-13-25)22-26-14-6-2-7-15-26/h1-9,12-17,28H,10-11,18-24H2/t28-/m1/s1. The molecule has 0 amide bonds. The summed E-state index contributed by atoms with van der Waals surface area (Å²) in [5.74, 6) is -0.0601. The minimum absolute atomic E-state index is 0.0601. The van der Waals surface area contributed by atoms with Crippen LogP contribution in [0.4, 0.5) is 0 Å². The van der Waals surface area contributed by atoms with E-state index in [0.29, 0.717) is 12.0 Å². The Morgan fingerprint density at radius 3 is 1.77 bits per heavy atom. The smallest absolute Gasteiger partial charge is 0.295 e. The largest absolute Gasteiger partial charge is 0.482 e. The number of nitrogens with zero attached hydrogens (tertiary/aromatic N) is 4. The third-order valence-electron chi connectivity index (χ3n) is 7.39. The van der Waals surface area contributed by atoms with Gasteiger partial charge in [-0.05, 0) is 30.5 Å². The van der Waals surface area contributed by atoms with Gasteiger partial charge in [0.05, 0.1) is 0 Å². The first kappa shape index (κ1) is 28.1. The number of unbranched alkanes of at least 4 members (excludes halogenated alkanes) is 1. The molecule has 1 aliphatic rings. The minimum atomic E-state index is -2.18. The second kappa shape index (κ2) is 13.2. The van der Waals surface area contributed by atoms with Crippen molar-refractivity contribution in [2.24, 2.45) is 0 Å². The Balaban J connectivity index is 1.38. The zero-order chi connectivity index (χ0) is 27.7. The van der Waals surface area contributed by atoms with E-state index >= 15 is 0 Å². The van der Waals surface area contributed by atoms with Gasteiger partial charge >= 0.3 is 5.66 Å². The van der Waals surface area contributed by atoms with Crippen molar-refractivity contribution in [3.63, 3.8) is 0 Å². The lowest BCUT2D eigenvalue weighted by Gasteiger charge is -2.41. The normalized spacial score (nSPS) is 15.4. The van der Waals surface area contributed by atoms with Gasteiger partial charge < -0.3 is 0 Å². The van der Waals surface area contributed by atoms with Crippen LogP contribution in [-0.2, 0) is 13.1 Å². The van der Waals surface area contributed by atoms with E-state index in [1.807, 2.05) is 42.5 Å². The molecule has 0 saturated carbocycles. The number of Topliss-reactive ketones (excluding diaryl/α,β-unsaturated/α-hetero) is 1. The Hall–Kier alpha value is -3.95. The average Bonchev–Trinajstić information content (AvgIpc) is 2.91. The fourth-order valence-electron chi connectivity index (χ4n) is 5.14. The molecule has 0 aliphatic carbocycles. The molecule has 1 atom stereocenters. The Kier molecular flexibility index (Phi) is 9.51. The zero-order valence-electron chi connectivity index (χ0n) is 21.9. The highest BCUT2D eigenvalue weighted by atomic mass is 16.7. The van der Waals surface area contributed by atoms with Crippen molar-refractivity contribution in [3.05, 3.63) is 128 Å². The van der Waals surface area contributed by atoms with E-state index < -0.39 is 15.5 Å². The Morgan fingerprint density at radius 2 is 1.28 bits per heavy atom.